The summed E-state index contributed by atoms with van der Waals surface area (Å²) in [6.07, 6.45) is 1.74. The normalized spacial score (nSPS) is 10.9. The summed E-state index contributed by atoms with van der Waals surface area (Å²) in [5, 5.41) is 0. The highest BCUT2D eigenvalue weighted by Crippen LogP contribution is 2.16. The monoisotopic (exact) mass is 213 g/mol. The molecule has 0 N–H and O–H groups in total. The molecule has 0 fully saturated rings. The maximum Gasteiger partial charge on any atom is 0.123 e. The Kier molecular flexibility index (Phi) is 3.10. The van der Waals surface area contributed by atoms with Gasteiger partial charge in [-0.2, -0.15) is 0 Å². The van der Waals surface area contributed by atoms with E-state index in [1.165, 1.54) is 12.1 Å². The second-order valence-electron chi connectivity index (χ2n) is 3.60. The van der Waals surface area contributed by atoms with Gasteiger partial charge in [-0.15, -0.1) is 0 Å². The molecule has 2 aromatic rings. The summed E-state index contributed by atoms with van der Waals surface area (Å²) < 4.78 is 12.7. The third-order valence-corrected chi connectivity index (χ3v) is 2.34. The van der Waals surface area contributed by atoms with Crippen molar-refractivity contribution in [3.8, 4) is 0 Å². The fourth-order valence-electron chi connectivity index (χ4n) is 1.40. The number of hydrogen-bond donors (Lipinski definition) is 0. The van der Waals surface area contributed by atoms with Crippen LogP contribution in [0.1, 0.15) is 11.1 Å². The number of aryl methyl sites for hydroxylation is 1. The summed E-state index contributed by atoms with van der Waals surface area (Å²) in [4.78, 5) is 4.36. The fourth-order valence-corrected chi connectivity index (χ4v) is 1.40. The van der Waals surface area contributed by atoms with Crippen molar-refractivity contribution in [1.29, 1.82) is 0 Å². The van der Waals surface area contributed by atoms with Gasteiger partial charge >= 0.3 is 0 Å². The largest absolute Gasteiger partial charge is 0.256 e. The fraction of sp³-hybridized carbons (Fsp3) is 0.0714. The SMILES string of the molecule is Cc1ccccc1N=Cc1ccc(F)cc1. The Morgan fingerprint density at radius 3 is 2.38 bits per heavy atom. The average molecular weight is 213 g/mol. The van der Waals surface area contributed by atoms with Gasteiger partial charge in [-0.3, -0.25) is 4.99 Å². The quantitative estimate of drug-likeness (QED) is 0.671. The Labute approximate surface area is 94.3 Å². The maximum atomic E-state index is 12.7. The minimum Gasteiger partial charge on any atom is -0.256 e. The van der Waals surface area contributed by atoms with Crippen LogP contribution in [0.3, 0.4) is 0 Å². The van der Waals surface area contributed by atoms with Gasteiger partial charge in [-0.05, 0) is 36.2 Å². The topological polar surface area (TPSA) is 12.4 Å². The Morgan fingerprint density at radius 2 is 1.69 bits per heavy atom. The average Bonchev–Trinajstić information content (AvgIpc) is 2.30. The molecule has 0 saturated carbocycles. The van der Waals surface area contributed by atoms with Crippen LogP contribution in [0.4, 0.5) is 10.1 Å². The molecule has 16 heavy (non-hydrogen) atoms. The Morgan fingerprint density at radius 1 is 1.00 bits per heavy atom. The van der Waals surface area contributed by atoms with Crippen LogP contribution >= 0.6 is 0 Å². The second kappa shape index (κ2) is 4.71. The van der Waals surface area contributed by atoms with Crippen molar-refractivity contribution in [2.75, 3.05) is 0 Å². The first-order chi connectivity index (χ1) is 7.75. The number of rotatable bonds is 2. The zero-order valence-electron chi connectivity index (χ0n) is 9.02. The molecule has 0 aromatic heterocycles. The van der Waals surface area contributed by atoms with E-state index >= 15 is 0 Å². The predicted molar refractivity (Wildman–Crippen MR) is 64.8 cm³/mol. The van der Waals surface area contributed by atoms with E-state index in [0.717, 1.165) is 16.8 Å². The molecule has 0 bridgehead atoms. The number of hydrogen-bond acceptors (Lipinski definition) is 1. The Bertz CT molecular complexity index is 500. The highest BCUT2D eigenvalue weighted by atomic mass is 19.1. The van der Waals surface area contributed by atoms with Gasteiger partial charge in [-0.25, -0.2) is 4.39 Å². The van der Waals surface area contributed by atoms with Crippen molar-refractivity contribution in [3.63, 3.8) is 0 Å². The van der Waals surface area contributed by atoms with Gasteiger partial charge in [0.2, 0.25) is 0 Å². The van der Waals surface area contributed by atoms with E-state index < -0.39 is 0 Å². The molecule has 1 nitrogen and oxygen atoms in total. The third kappa shape index (κ3) is 2.54. The molecule has 0 atom stereocenters. The molecule has 2 aromatic carbocycles. The van der Waals surface area contributed by atoms with Crippen LogP contribution in [-0.4, -0.2) is 6.21 Å². The molecule has 0 heterocycles. The van der Waals surface area contributed by atoms with Crippen LogP contribution in [0.2, 0.25) is 0 Å². The minimum atomic E-state index is -0.229. The molecule has 0 radical (unpaired) electrons. The van der Waals surface area contributed by atoms with E-state index in [-0.39, 0.29) is 5.82 Å². The van der Waals surface area contributed by atoms with E-state index in [1.54, 1.807) is 18.3 Å². The molecular weight excluding hydrogens is 201 g/mol. The van der Waals surface area contributed by atoms with Crippen molar-refractivity contribution < 1.29 is 4.39 Å². The number of para-hydroxylation sites is 1. The lowest BCUT2D eigenvalue weighted by Crippen LogP contribution is -1.81. The van der Waals surface area contributed by atoms with Gasteiger partial charge in [0.1, 0.15) is 5.82 Å². The minimum absolute atomic E-state index is 0.229. The first-order valence-electron chi connectivity index (χ1n) is 5.11. The summed E-state index contributed by atoms with van der Waals surface area (Å²) in [5.41, 5.74) is 2.96. The zero-order chi connectivity index (χ0) is 11.4. The second-order valence-corrected chi connectivity index (χ2v) is 3.60. The molecule has 0 aliphatic carbocycles. The summed E-state index contributed by atoms with van der Waals surface area (Å²) in [6.45, 7) is 2.01. The molecule has 0 unspecified atom stereocenters. The Balaban J connectivity index is 2.21. The van der Waals surface area contributed by atoms with E-state index in [1.807, 2.05) is 31.2 Å². The lowest BCUT2D eigenvalue weighted by Gasteiger charge is -1.98. The highest BCUT2D eigenvalue weighted by molar-refractivity contribution is 5.82. The van der Waals surface area contributed by atoms with Crippen LogP contribution in [0.15, 0.2) is 53.5 Å². The van der Waals surface area contributed by atoms with E-state index in [2.05, 4.69) is 4.99 Å². The van der Waals surface area contributed by atoms with Gasteiger partial charge < -0.3 is 0 Å². The van der Waals surface area contributed by atoms with Gasteiger partial charge in [0.25, 0.3) is 0 Å². The molecule has 0 amide bonds. The first-order valence-corrected chi connectivity index (χ1v) is 5.11. The number of nitrogens with zero attached hydrogens (tertiary/aromatic N) is 1. The van der Waals surface area contributed by atoms with Crippen LogP contribution < -0.4 is 0 Å². The van der Waals surface area contributed by atoms with Gasteiger partial charge in [0.15, 0.2) is 0 Å². The van der Waals surface area contributed by atoms with Gasteiger partial charge in [-0.1, -0.05) is 30.3 Å². The lowest BCUT2D eigenvalue weighted by molar-refractivity contribution is 0.628. The standard InChI is InChI=1S/C14H12FN/c1-11-4-2-3-5-14(11)16-10-12-6-8-13(15)9-7-12/h2-10H,1H3. The van der Waals surface area contributed by atoms with E-state index in [4.69, 9.17) is 0 Å². The molecule has 80 valence electrons. The number of benzene rings is 2. The number of aliphatic imine (C=N–C) groups is 1. The zero-order valence-corrected chi connectivity index (χ0v) is 9.02. The van der Waals surface area contributed by atoms with E-state index in [9.17, 15) is 4.39 Å². The summed E-state index contributed by atoms with van der Waals surface area (Å²) >= 11 is 0. The molecule has 0 spiro atoms. The van der Waals surface area contributed by atoms with Crippen molar-refractivity contribution in [3.05, 3.63) is 65.5 Å². The first kappa shape index (κ1) is 10.6. The van der Waals surface area contributed by atoms with Crippen molar-refractivity contribution >= 4 is 11.9 Å². The molecule has 2 rings (SSSR count). The summed E-state index contributed by atoms with van der Waals surface area (Å²) in [7, 11) is 0. The molecule has 0 aliphatic rings. The molecule has 2 heteroatoms. The third-order valence-electron chi connectivity index (χ3n) is 2.34. The van der Waals surface area contributed by atoms with Crippen molar-refractivity contribution in [1.82, 2.24) is 0 Å². The number of halogens is 1. The van der Waals surface area contributed by atoms with E-state index in [0.29, 0.717) is 0 Å². The molecular formula is C14H12FN. The molecule has 0 aliphatic heterocycles. The van der Waals surface area contributed by atoms with Crippen LogP contribution in [0.25, 0.3) is 0 Å². The summed E-state index contributed by atoms with van der Waals surface area (Å²) in [5.74, 6) is -0.229. The van der Waals surface area contributed by atoms with Gasteiger partial charge in [0, 0.05) is 6.21 Å². The van der Waals surface area contributed by atoms with Crippen LogP contribution in [0, 0.1) is 12.7 Å². The smallest absolute Gasteiger partial charge is 0.123 e. The van der Waals surface area contributed by atoms with Gasteiger partial charge in [0.05, 0.1) is 5.69 Å². The van der Waals surface area contributed by atoms with Crippen molar-refractivity contribution in [2.45, 2.75) is 6.92 Å². The van der Waals surface area contributed by atoms with Crippen LogP contribution in [0.5, 0.6) is 0 Å². The highest BCUT2D eigenvalue weighted by Gasteiger charge is 1.93. The summed E-state index contributed by atoms with van der Waals surface area (Å²) in [6, 6.07) is 14.2. The lowest BCUT2D eigenvalue weighted by atomic mass is 10.2. The van der Waals surface area contributed by atoms with Crippen molar-refractivity contribution in [2.24, 2.45) is 4.99 Å². The van der Waals surface area contributed by atoms with Crippen LogP contribution in [-0.2, 0) is 0 Å². The molecule has 0 saturated heterocycles. The maximum absolute atomic E-state index is 12.7. The Hall–Kier alpha value is -1.96. The predicted octanol–water partition coefficient (Wildman–Crippen LogP) is 3.88.